The molecular weight excluding hydrogens is 276 g/mol. The summed E-state index contributed by atoms with van der Waals surface area (Å²) in [5.41, 5.74) is 1.73. The van der Waals surface area contributed by atoms with E-state index in [1.54, 1.807) is 0 Å². The van der Waals surface area contributed by atoms with Crippen LogP contribution in [0.25, 0.3) is 0 Å². The molecule has 2 unspecified atom stereocenters. The van der Waals surface area contributed by atoms with Gasteiger partial charge in [-0.15, -0.1) is 10.2 Å². The normalized spacial score (nSPS) is 22.1. The van der Waals surface area contributed by atoms with Crippen LogP contribution in [0.2, 0.25) is 0 Å². The molecule has 5 heteroatoms. The predicted octanol–water partition coefficient (Wildman–Crippen LogP) is 1.96. The van der Waals surface area contributed by atoms with Crippen LogP contribution in [0.1, 0.15) is 36.8 Å². The zero-order valence-electron chi connectivity index (χ0n) is 13.1. The van der Waals surface area contributed by atoms with Crippen molar-refractivity contribution in [2.75, 3.05) is 13.1 Å². The molecule has 2 aromatic rings. The average molecular weight is 298 g/mol. The van der Waals surface area contributed by atoms with Crippen molar-refractivity contribution in [3.05, 3.63) is 57.8 Å². The van der Waals surface area contributed by atoms with Gasteiger partial charge in [0.2, 0.25) is 0 Å². The van der Waals surface area contributed by atoms with Gasteiger partial charge in [0.25, 0.3) is 5.56 Å². The van der Waals surface area contributed by atoms with Crippen LogP contribution >= 0.6 is 0 Å². The lowest BCUT2D eigenvalue weighted by atomic mass is 9.97. The maximum Gasteiger partial charge on any atom is 0.272 e. The van der Waals surface area contributed by atoms with Crippen molar-refractivity contribution in [1.82, 2.24) is 20.1 Å². The fourth-order valence-corrected chi connectivity index (χ4v) is 3.17. The smallest absolute Gasteiger partial charge is 0.272 e. The van der Waals surface area contributed by atoms with Gasteiger partial charge in [0.05, 0.1) is 0 Å². The fraction of sp³-hybridized carbons (Fsp3) is 0.471. The van der Waals surface area contributed by atoms with Crippen molar-refractivity contribution in [3.63, 3.8) is 0 Å². The summed E-state index contributed by atoms with van der Waals surface area (Å²) in [6, 6.07) is 10.5. The molecule has 2 heterocycles. The van der Waals surface area contributed by atoms with Gasteiger partial charge in [-0.3, -0.25) is 9.69 Å². The van der Waals surface area contributed by atoms with E-state index in [9.17, 15) is 4.79 Å². The van der Waals surface area contributed by atoms with Crippen molar-refractivity contribution < 1.29 is 0 Å². The van der Waals surface area contributed by atoms with Crippen LogP contribution in [0.5, 0.6) is 0 Å². The highest BCUT2D eigenvalue weighted by Gasteiger charge is 2.32. The fourth-order valence-electron chi connectivity index (χ4n) is 3.17. The Hall–Kier alpha value is -2.01. The van der Waals surface area contributed by atoms with E-state index in [0.29, 0.717) is 18.0 Å². The summed E-state index contributed by atoms with van der Waals surface area (Å²) in [7, 11) is 0. The topological polar surface area (TPSA) is 61.9 Å². The third kappa shape index (κ3) is 3.09. The number of likely N-dealkylation sites (tertiary alicyclic amines) is 1. The second kappa shape index (κ2) is 6.40. The van der Waals surface area contributed by atoms with Gasteiger partial charge < -0.3 is 4.98 Å². The third-order valence-corrected chi connectivity index (χ3v) is 4.41. The molecule has 5 nitrogen and oxygen atoms in total. The molecule has 1 aromatic carbocycles. The van der Waals surface area contributed by atoms with Crippen molar-refractivity contribution in [1.29, 1.82) is 0 Å². The minimum atomic E-state index is -0.0961. The quantitative estimate of drug-likeness (QED) is 0.937. The van der Waals surface area contributed by atoms with Gasteiger partial charge >= 0.3 is 0 Å². The van der Waals surface area contributed by atoms with Gasteiger partial charge in [-0.1, -0.05) is 44.2 Å². The highest BCUT2D eigenvalue weighted by atomic mass is 16.1. The van der Waals surface area contributed by atoms with Crippen LogP contribution < -0.4 is 5.56 Å². The Morgan fingerprint density at radius 3 is 2.68 bits per heavy atom. The number of benzene rings is 1. The van der Waals surface area contributed by atoms with Crippen LogP contribution in [0, 0.1) is 5.92 Å². The maximum absolute atomic E-state index is 11.9. The number of H-pyrrole nitrogens is 1. The summed E-state index contributed by atoms with van der Waals surface area (Å²) in [5, 5.41) is 8.32. The molecule has 0 amide bonds. The first-order valence-electron chi connectivity index (χ1n) is 7.89. The molecule has 0 saturated carbocycles. The zero-order valence-corrected chi connectivity index (χ0v) is 13.1. The average Bonchev–Trinajstić information content (AvgIpc) is 2.88. The summed E-state index contributed by atoms with van der Waals surface area (Å²) >= 11 is 0. The highest BCUT2D eigenvalue weighted by Crippen LogP contribution is 2.30. The second-order valence-corrected chi connectivity index (χ2v) is 6.10. The van der Waals surface area contributed by atoms with Crippen molar-refractivity contribution >= 4 is 0 Å². The maximum atomic E-state index is 11.9. The number of aromatic nitrogens is 3. The molecule has 1 fully saturated rings. The molecule has 3 rings (SSSR count). The van der Waals surface area contributed by atoms with Crippen molar-refractivity contribution in [3.8, 4) is 0 Å². The first-order chi connectivity index (χ1) is 10.7. The lowest BCUT2D eigenvalue weighted by molar-refractivity contribution is 0.318. The predicted molar refractivity (Wildman–Crippen MR) is 85.7 cm³/mol. The van der Waals surface area contributed by atoms with Crippen LogP contribution in [0.3, 0.4) is 0 Å². The van der Waals surface area contributed by atoms with Gasteiger partial charge in [0.15, 0.2) is 0 Å². The zero-order chi connectivity index (χ0) is 15.5. The molecule has 0 bridgehead atoms. The first-order valence-corrected chi connectivity index (χ1v) is 7.89. The number of rotatable bonds is 4. The summed E-state index contributed by atoms with van der Waals surface area (Å²) in [6.45, 7) is 6.99. The molecule has 2 atom stereocenters. The van der Waals surface area contributed by atoms with E-state index < -0.39 is 0 Å². The molecule has 0 aliphatic carbocycles. The molecule has 1 aliphatic heterocycles. The Labute approximate surface area is 130 Å². The van der Waals surface area contributed by atoms with E-state index in [-0.39, 0.29) is 11.5 Å². The van der Waals surface area contributed by atoms with Gasteiger partial charge in [0, 0.05) is 25.6 Å². The number of nitrogens with one attached hydrogen (secondary N) is 1. The van der Waals surface area contributed by atoms with Gasteiger partial charge in [0.1, 0.15) is 11.5 Å². The van der Waals surface area contributed by atoms with E-state index >= 15 is 0 Å². The summed E-state index contributed by atoms with van der Waals surface area (Å²) in [5.74, 6) is 1.43. The van der Waals surface area contributed by atoms with Crippen LogP contribution in [-0.2, 0) is 13.0 Å². The molecule has 22 heavy (non-hydrogen) atoms. The van der Waals surface area contributed by atoms with Crippen molar-refractivity contribution in [2.45, 2.75) is 32.7 Å². The molecule has 1 aromatic heterocycles. The third-order valence-electron chi connectivity index (χ3n) is 4.41. The molecule has 1 N–H and O–H groups in total. The Kier molecular flexibility index (Phi) is 4.34. The minimum absolute atomic E-state index is 0.0961. The van der Waals surface area contributed by atoms with E-state index in [1.165, 1.54) is 5.56 Å². The Bertz CT molecular complexity index is 683. The summed E-state index contributed by atoms with van der Waals surface area (Å²) < 4.78 is 0. The van der Waals surface area contributed by atoms with E-state index in [4.69, 9.17) is 0 Å². The van der Waals surface area contributed by atoms with Gasteiger partial charge in [-0.2, -0.15) is 0 Å². The number of nitrogens with zero attached hydrogens (tertiary/aromatic N) is 3. The first kappa shape index (κ1) is 14.9. The molecule has 0 radical (unpaired) electrons. The van der Waals surface area contributed by atoms with Gasteiger partial charge in [-0.25, -0.2) is 0 Å². The highest BCUT2D eigenvalue weighted by molar-refractivity contribution is 5.15. The molecular formula is C17H22N4O. The number of hydrogen-bond acceptors (Lipinski definition) is 4. The number of aryl methyl sites for hydroxylation is 1. The lowest BCUT2D eigenvalue weighted by Gasteiger charge is -2.15. The van der Waals surface area contributed by atoms with E-state index in [2.05, 4.69) is 51.3 Å². The Morgan fingerprint density at radius 1 is 1.23 bits per heavy atom. The Balaban J connectivity index is 1.73. The number of aromatic amines is 1. The molecule has 1 saturated heterocycles. The number of hydrogen-bond donors (Lipinski definition) is 1. The summed E-state index contributed by atoms with van der Waals surface area (Å²) in [4.78, 5) is 17.3. The molecule has 1 aliphatic rings. The molecule has 116 valence electrons. The Morgan fingerprint density at radius 2 is 2.00 bits per heavy atom. The SMILES string of the molecule is CCc1nnc(C2CN(Cc3ccccc3)CC2C)[nH]c1=O. The van der Waals surface area contributed by atoms with Crippen LogP contribution in [0.15, 0.2) is 35.1 Å². The standard InChI is InChI=1S/C17H22N4O/c1-3-15-17(22)18-16(20-19-15)14-11-21(9-12(14)2)10-13-7-5-4-6-8-13/h4-8,12,14H,3,9-11H2,1-2H3,(H,18,20,22). The monoisotopic (exact) mass is 298 g/mol. The second-order valence-electron chi connectivity index (χ2n) is 6.10. The van der Waals surface area contributed by atoms with Crippen LogP contribution in [-0.4, -0.2) is 33.2 Å². The van der Waals surface area contributed by atoms with Gasteiger partial charge in [-0.05, 0) is 17.9 Å². The van der Waals surface area contributed by atoms with Crippen molar-refractivity contribution in [2.24, 2.45) is 5.92 Å². The van der Waals surface area contributed by atoms with Crippen LogP contribution in [0.4, 0.5) is 0 Å². The largest absolute Gasteiger partial charge is 0.307 e. The van der Waals surface area contributed by atoms with E-state index in [1.807, 2.05) is 13.0 Å². The summed E-state index contributed by atoms with van der Waals surface area (Å²) in [6.07, 6.45) is 0.614. The minimum Gasteiger partial charge on any atom is -0.307 e. The lowest BCUT2D eigenvalue weighted by Crippen LogP contribution is -2.23. The van der Waals surface area contributed by atoms with E-state index in [0.717, 1.165) is 25.5 Å². The molecule has 0 spiro atoms.